The summed E-state index contributed by atoms with van der Waals surface area (Å²) in [5, 5.41) is 0. The molecule has 0 aliphatic heterocycles. The zero-order valence-electron chi connectivity index (χ0n) is 29.1. The van der Waals surface area contributed by atoms with Crippen molar-refractivity contribution in [1.82, 2.24) is 15.0 Å². The van der Waals surface area contributed by atoms with Gasteiger partial charge in [-0.05, 0) is 80.7 Å². The third kappa shape index (κ3) is 4.82. The Hall–Kier alpha value is -4.89. The Balaban J connectivity index is 1.26. The van der Waals surface area contributed by atoms with Crippen molar-refractivity contribution >= 4 is 0 Å². The van der Waals surface area contributed by atoms with Crippen LogP contribution >= 0.6 is 0 Å². The normalized spacial score (nSPS) is 16.6. The first-order chi connectivity index (χ1) is 22.9. The molecule has 48 heavy (non-hydrogen) atoms. The monoisotopic (exact) mass is 625 g/mol. The summed E-state index contributed by atoms with van der Waals surface area (Å²) in [6.45, 7) is 16.5. The van der Waals surface area contributed by atoms with Gasteiger partial charge in [0.25, 0.3) is 0 Å². The van der Waals surface area contributed by atoms with E-state index in [-0.39, 0.29) is 16.2 Å². The first kappa shape index (κ1) is 30.4. The topological polar surface area (TPSA) is 38.7 Å². The summed E-state index contributed by atoms with van der Waals surface area (Å²) >= 11 is 0. The van der Waals surface area contributed by atoms with Gasteiger partial charge in [0.15, 0.2) is 17.5 Å². The zero-order chi connectivity index (χ0) is 33.4. The third-order valence-corrected chi connectivity index (χ3v) is 11.2. The molecule has 0 fully saturated rings. The van der Waals surface area contributed by atoms with Crippen molar-refractivity contribution in [3.05, 3.63) is 137 Å². The van der Waals surface area contributed by atoms with Gasteiger partial charge in [0, 0.05) is 22.1 Å². The average molecular weight is 626 g/mol. The van der Waals surface area contributed by atoms with Gasteiger partial charge in [-0.1, -0.05) is 151 Å². The summed E-state index contributed by atoms with van der Waals surface area (Å²) < 4.78 is 0. The van der Waals surface area contributed by atoms with Crippen LogP contribution in [0.4, 0.5) is 0 Å². The van der Waals surface area contributed by atoms with Crippen molar-refractivity contribution in [2.24, 2.45) is 0 Å². The number of benzene rings is 5. The summed E-state index contributed by atoms with van der Waals surface area (Å²) in [5.74, 6) is 2.06. The summed E-state index contributed by atoms with van der Waals surface area (Å²) in [6.07, 6.45) is 2.42. The van der Waals surface area contributed by atoms with Crippen LogP contribution in [0.2, 0.25) is 0 Å². The first-order valence-electron chi connectivity index (χ1n) is 17.3. The molecule has 0 spiro atoms. The number of hydrogen-bond donors (Lipinski definition) is 0. The number of fused-ring (bicyclic) bond motifs is 4. The van der Waals surface area contributed by atoms with Crippen LogP contribution in [0.3, 0.4) is 0 Å². The smallest absolute Gasteiger partial charge is 0.164 e. The van der Waals surface area contributed by atoms with Gasteiger partial charge >= 0.3 is 0 Å². The lowest BCUT2D eigenvalue weighted by Gasteiger charge is -2.42. The molecule has 0 radical (unpaired) electrons. The van der Waals surface area contributed by atoms with Crippen LogP contribution in [-0.4, -0.2) is 15.0 Å². The van der Waals surface area contributed by atoms with Crippen LogP contribution in [0.5, 0.6) is 0 Å². The van der Waals surface area contributed by atoms with Crippen molar-refractivity contribution in [2.45, 2.75) is 77.6 Å². The molecule has 3 nitrogen and oxygen atoms in total. The largest absolute Gasteiger partial charge is 0.208 e. The molecule has 1 aromatic heterocycles. The second-order valence-electron chi connectivity index (χ2n) is 15.6. The molecule has 0 bridgehead atoms. The van der Waals surface area contributed by atoms with Gasteiger partial charge < -0.3 is 0 Å². The molecule has 0 saturated carbocycles. The van der Waals surface area contributed by atoms with Crippen LogP contribution < -0.4 is 0 Å². The fraction of sp³-hybridized carbons (Fsp3) is 0.267. The standard InChI is InChI=1S/C45H43N3/c1-28-26-37-38(44(4,5)25-24-43(37,2)3)27-34(28)29-20-22-31(23-21-29)41-46-40(30-14-9-8-10-15-30)47-42(48-41)33-17-13-19-36-39(33)32-16-11-12-18-35(32)45(36,6)7/h8-23,26-27H,24-25H2,1-7H3. The second kappa shape index (κ2) is 10.8. The van der Waals surface area contributed by atoms with Crippen LogP contribution in [0.15, 0.2) is 109 Å². The summed E-state index contributed by atoms with van der Waals surface area (Å²) in [7, 11) is 0. The minimum atomic E-state index is -0.102. The molecule has 3 heteroatoms. The summed E-state index contributed by atoms with van der Waals surface area (Å²) in [6, 6.07) is 39.3. The highest BCUT2D eigenvalue weighted by Gasteiger charge is 2.38. The molecule has 238 valence electrons. The summed E-state index contributed by atoms with van der Waals surface area (Å²) in [5.41, 5.74) is 15.2. The molecule has 0 N–H and O–H groups in total. The van der Waals surface area contributed by atoms with E-state index in [1.54, 1.807) is 0 Å². The molecule has 5 aromatic carbocycles. The lowest BCUT2D eigenvalue weighted by molar-refractivity contribution is 0.332. The van der Waals surface area contributed by atoms with Gasteiger partial charge in [-0.2, -0.15) is 0 Å². The zero-order valence-corrected chi connectivity index (χ0v) is 29.1. The molecule has 0 unspecified atom stereocenters. The molecule has 0 saturated heterocycles. The van der Waals surface area contributed by atoms with Gasteiger partial charge in [-0.15, -0.1) is 0 Å². The number of aryl methyl sites for hydroxylation is 1. The van der Waals surface area contributed by atoms with E-state index in [1.165, 1.54) is 62.9 Å². The first-order valence-corrected chi connectivity index (χ1v) is 17.3. The van der Waals surface area contributed by atoms with Crippen molar-refractivity contribution in [1.29, 1.82) is 0 Å². The Morgan fingerprint density at radius 3 is 1.65 bits per heavy atom. The molecule has 0 atom stereocenters. The average Bonchev–Trinajstić information content (AvgIpc) is 3.33. The van der Waals surface area contributed by atoms with E-state index in [2.05, 4.69) is 139 Å². The van der Waals surface area contributed by atoms with Gasteiger partial charge in [0.05, 0.1) is 0 Å². The summed E-state index contributed by atoms with van der Waals surface area (Å²) in [4.78, 5) is 15.4. The predicted octanol–water partition coefficient (Wildman–Crippen LogP) is 11.5. The SMILES string of the molecule is Cc1cc2c(cc1-c1ccc(-c3nc(-c4ccccc4)nc(-c4cccc5c4-c4ccccc4C5(C)C)n3)cc1)C(C)(C)CCC2(C)C. The van der Waals surface area contributed by atoms with Gasteiger partial charge in [0.2, 0.25) is 0 Å². The maximum Gasteiger partial charge on any atom is 0.164 e. The molecule has 1 heterocycles. The fourth-order valence-electron chi connectivity index (χ4n) is 8.11. The van der Waals surface area contributed by atoms with Crippen LogP contribution in [0, 0.1) is 6.92 Å². The second-order valence-corrected chi connectivity index (χ2v) is 15.6. The van der Waals surface area contributed by atoms with Crippen LogP contribution in [0.25, 0.3) is 56.4 Å². The Morgan fingerprint density at radius 2 is 0.958 bits per heavy atom. The minimum Gasteiger partial charge on any atom is -0.208 e. The van der Waals surface area contributed by atoms with Gasteiger partial charge in [-0.3, -0.25) is 0 Å². The van der Waals surface area contributed by atoms with Crippen molar-refractivity contribution < 1.29 is 0 Å². The lowest BCUT2D eigenvalue weighted by Crippen LogP contribution is -2.34. The maximum absolute atomic E-state index is 5.19. The molecular formula is C45H43N3. The molecular weight excluding hydrogens is 583 g/mol. The van der Waals surface area contributed by atoms with Crippen molar-refractivity contribution in [3.8, 4) is 56.4 Å². The molecule has 6 aromatic rings. The Kier molecular flexibility index (Phi) is 6.86. The molecule has 2 aliphatic carbocycles. The van der Waals surface area contributed by atoms with E-state index in [9.17, 15) is 0 Å². The van der Waals surface area contributed by atoms with E-state index in [1.807, 2.05) is 18.2 Å². The van der Waals surface area contributed by atoms with Crippen molar-refractivity contribution in [3.63, 3.8) is 0 Å². The van der Waals surface area contributed by atoms with Crippen molar-refractivity contribution in [2.75, 3.05) is 0 Å². The van der Waals surface area contributed by atoms with Crippen LogP contribution in [0.1, 0.15) is 82.2 Å². The number of rotatable bonds is 4. The number of hydrogen-bond acceptors (Lipinski definition) is 3. The third-order valence-electron chi connectivity index (χ3n) is 11.2. The highest BCUT2D eigenvalue weighted by atomic mass is 15.0. The number of aromatic nitrogens is 3. The Bertz CT molecular complexity index is 2200. The maximum atomic E-state index is 5.19. The highest BCUT2D eigenvalue weighted by Crippen LogP contribution is 2.52. The van der Waals surface area contributed by atoms with E-state index >= 15 is 0 Å². The van der Waals surface area contributed by atoms with E-state index in [0.717, 1.165) is 16.7 Å². The Morgan fingerprint density at radius 1 is 0.438 bits per heavy atom. The highest BCUT2D eigenvalue weighted by molar-refractivity contribution is 5.91. The van der Waals surface area contributed by atoms with Gasteiger partial charge in [0.1, 0.15) is 0 Å². The van der Waals surface area contributed by atoms with Crippen LogP contribution in [-0.2, 0) is 16.2 Å². The minimum absolute atomic E-state index is 0.102. The Labute approximate surface area is 285 Å². The fourth-order valence-corrected chi connectivity index (χ4v) is 8.11. The van der Waals surface area contributed by atoms with E-state index in [0.29, 0.717) is 17.5 Å². The molecule has 2 aliphatic rings. The van der Waals surface area contributed by atoms with E-state index in [4.69, 9.17) is 15.0 Å². The van der Waals surface area contributed by atoms with E-state index < -0.39 is 0 Å². The molecule has 0 amide bonds. The number of nitrogens with zero attached hydrogens (tertiary/aromatic N) is 3. The molecule has 8 rings (SSSR count). The predicted molar refractivity (Wildman–Crippen MR) is 199 cm³/mol. The quantitative estimate of drug-likeness (QED) is 0.196. The lowest BCUT2D eigenvalue weighted by atomic mass is 9.62. The van der Waals surface area contributed by atoms with Gasteiger partial charge in [-0.25, -0.2) is 15.0 Å².